The SMILES string of the molecule is NCC#Cc1c(OCC2CC2)ccc2ccccc12. The quantitative estimate of drug-likeness (QED) is 0.851. The molecule has 0 aliphatic heterocycles. The zero-order chi connectivity index (χ0) is 13.1. The van der Waals surface area contributed by atoms with E-state index in [0.717, 1.165) is 29.2 Å². The second kappa shape index (κ2) is 5.34. The van der Waals surface area contributed by atoms with Gasteiger partial charge in [-0.1, -0.05) is 42.2 Å². The third kappa shape index (κ3) is 2.72. The summed E-state index contributed by atoms with van der Waals surface area (Å²) in [7, 11) is 0. The van der Waals surface area contributed by atoms with Crippen LogP contribution >= 0.6 is 0 Å². The second-order valence-corrected chi connectivity index (χ2v) is 4.92. The van der Waals surface area contributed by atoms with Crippen molar-refractivity contribution in [1.82, 2.24) is 0 Å². The van der Waals surface area contributed by atoms with E-state index in [9.17, 15) is 0 Å². The maximum Gasteiger partial charge on any atom is 0.135 e. The molecule has 1 aliphatic carbocycles. The highest BCUT2D eigenvalue weighted by atomic mass is 16.5. The van der Waals surface area contributed by atoms with Gasteiger partial charge in [-0.05, 0) is 30.2 Å². The molecule has 96 valence electrons. The van der Waals surface area contributed by atoms with Crippen LogP contribution in [-0.4, -0.2) is 13.2 Å². The summed E-state index contributed by atoms with van der Waals surface area (Å²) in [4.78, 5) is 0. The summed E-state index contributed by atoms with van der Waals surface area (Å²) in [5.41, 5.74) is 6.45. The monoisotopic (exact) mass is 251 g/mol. The Morgan fingerprint density at radius 3 is 2.79 bits per heavy atom. The summed E-state index contributed by atoms with van der Waals surface area (Å²) in [6.07, 6.45) is 2.58. The maximum atomic E-state index is 5.92. The molecule has 19 heavy (non-hydrogen) atoms. The molecule has 2 nitrogen and oxygen atoms in total. The van der Waals surface area contributed by atoms with Gasteiger partial charge in [0.25, 0.3) is 0 Å². The van der Waals surface area contributed by atoms with Crippen molar-refractivity contribution in [2.45, 2.75) is 12.8 Å². The second-order valence-electron chi connectivity index (χ2n) is 4.92. The van der Waals surface area contributed by atoms with Crippen molar-refractivity contribution in [3.63, 3.8) is 0 Å². The minimum absolute atomic E-state index is 0.366. The molecule has 2 aromatic carbocycles. The summed E-state index contributed by atoms with van der Waals surface area (Å²) >= 11 is 0. The van der Waals surface area contributed by atoms with Gasteiger partial charge in [-0.3, -0.25) is 0 Å². The number of hydrogen-bond acceptors (Lipinski definition) is 2. The maximum absolute atomic E-state index is 5.92. The van der Waals surface area contributed by atoms with Crippen LogP contribution < -0.4 is 10.5 Å². The van der Waals surface area contributed by atoms with E-state index < -0.39 is 0 Å². The van der Waals surface area contributed by atoms with Gasteiger partial charge >= 0.3 is 0 Å². The van der Waals surface area contributed by atoms with E-state index in [2.05, 4.69) is 30.0 Å². The van der Waals surface area contributed by atoms with E-state index in [-0.39, 0.29) is 0 Å². The molecule has 0 amide bonds. The predicted octanol–water partition coefficient (Wildman–Crippen LogP) is 2.94. The number of fused-ring (bicyclic) bond motifs is 1. The van der Waals surface area contributed by atoms with E-state index in [1.165, 1.54) is 18.2 Å². The highest BCUT2D eigenvalue weighted by Gasteiger charge is 2.22. The predicted molar refractivity (Wildman–Crippen MR) is 78.1 cm³/mol. The Balaban J connectivity index is 2.02. The molecule has 2 heteroatoms. The molecule has 0 bridgehead atoms. The summed E-state index contributed by atoms with van der Waals surface area (Å²) < 4.78 is 5.92. The van der Waals surface area contributed by atoms with Crippen LogP contribution in [-0.2, 0) is 0 Å². The molecule has 2 aromatic rings. The van der Waals surface area contributed by atoms with Crippen LogP contribution in [0.15, 0.2) is 36.4 Å². The fourth-order valence-electron chi connectivity index (χ4n) is 2.13. The van der Waals surface area contributed by atoms with Gasteiger partial charge in [-0.2, -0.15) is 0 Å². The highest BCUT2D eigenvalue weighted by molar-refractivity contribution is 5.90. The van der Waals surface area contributed by atoms with Crippen molar-refractivity contribution in [1.29, 1.82) is 0 Å². The first-order valence-corrected chi connectivity index (χ1v) is 6.72. The molecule has 0 radical (unpaired) electrons. The highest BCUT2D eigenvalue weighted by Crippen LogP contribution is 2.32. The molecule has 0 heterocycles. The zero-order valence-electron chi connectivity index (χ0n) is 10.9. The lowest BCUT2D eigenvalue weighted by Gasteiger charge is -2.10. The third-order valence-corrected chi connectivity index (χ3v) is 3.38. The molecule has 0 atom stereocenters. The first-order valence-electron chi connectivity index (χ1n) is 6.72. The molecule has 1 saturated carbocycles. The van der Waals surface area contributed by atoms with Gasteiger partial charge in [0.2, 0.25) is 0 Å². The smallest absolute Gasteiger partial charge is 0.135 e. The molecular formula is C17H17NO. The van der Waals surface area contributed by atoms with E-state index in [1.54, 1.807) is 0 Å². The first-order chi connectivity index (χ1) is 9.38. The molecule has 1 fully saturated rings. The van der Waals surface area contributed by atoms with Crippen LogP contribution in [0.3, 0.4) is 0 Å². The number of benzene rings is 2. The standard InChI is InChI=1S/C17H17NO/c18-11-3-6-16-15-5-2-1-4-14(15)9-10-17(16)19-12-13-7-8-13/h1-2,4-5,9-10,13H,7-8,11-12,18H2. The summed E-state index contributed by atoms with van der Waals surface area (Å²) in [6, 6.07) is 12.3. The zero-order valence-corrected chi connectivity index (χ0v) is 10.9. The summed E-state index contributed by atoms with van der Waals surface area (Å²) in [5.74, 6) is 7.72. The number of hydrogen-bond donors (Lipinski definition) is 1. The van der Waals surface area contributed by atoms with Crippen LogP contribution in [0.4, 0.5) is 0 Å². The molecule has 1 aliphatic rings. The Hall–Kier alpha value is -1.98. The minimum Gasteiger partial charge on any atom is -0.492 e. The fraction of sp³-hybridized carbons (Fsp3) is 0.294. The molecule has 0 spiro atoms. The van der Waals surface area contributed by atoms with Crippen molar-refractivity contribution in [2.75, 3.05) is 13.2 Å². The average molecular weight is 251 g/mol. The van der Waals surface area contributed by atoms with Gasteiger partial charge in [-0.25, -0.2) is 0 Å². The molecule has 0 aromatic heterocycles. The van der Waals surface area contributed by atoms with Gasteiger partial charge < -0.3 is 10.5 Å². The topological polar surface area (TPSA) is 35.2 Å². The van der Waals surface area contributed by atoms with E-state index in [0.29, 0.717) is 6.54 Å². The third-order valence-electron chi connectivity index (χ3n) is 3.38. The van der Waals surface area contributed by atoms with E-state index in [1.807, 2.05) is 18.2 Å². The lowest BCUT2D eigenvalue weighted by Crippen LogP contribution is -2.01. The molecule has 3 rings (SSSR count). The number of rotatable bonds is 3. The van der Waals surface area contributed by atoms with Gasteiger partial charge in [0.15, 0.2) is 0 Å². The van der Waals surface area contributed by atoms with Crippen molar-refractivity contribution in [3.8, 4) is 17.6 Å². The van der Waals surface area contributed by atoms with Crippen LogP contribution in [0.5, 0.6) is 5.75 Å². The van der Waals surface area contributed by atoms with Gasteiger partial charge in [0, 0.05) is 5.39 Å². The first kappa shape index (κ1) is 12.1. The normalized spacial score (nSPS) is 13.9. The summed E-state index contributed by atoms with van der Waals surface area (Å²) in [5, 5.41) is 2.32. The van der Waals surface area contributed by atoms with Crippen molar-refractivity contribution >= 4 is 10.8 Å². The lowest BCUT2D eigenvalue weighted by molar-refractivity contribution is 0.299. The van der Waals surface area contributed by atoms with Gasteiger partial charge in [0.1, 0.15) is 5.75 Å². The van der Waals surface area contributed by atoms with Crippen LogP contribution in [0, 0.1) is 17.8 Å². The van der Waals surface area contributed by atoms with Crippen LogP contribution in [0.2, 0.25) is 0 Å². The van der Waals surface area contributed by atoms with Crippen LogP contribution in [0.1, 0.15) is 18.4 Å². The van der Waals surface area contributed by atoms with Crippen LogP contribution in [0.25, 0.3) is 10.8 Å². The Morgan fingerprint density at radius 1 is 1.16 bits per heavy atom. The van der Waals surface area contributed by atoms with E-state index >= 15 is 0 Å². The molecular weight excluding hydrogens is 234 g/mol. The van der Waals surface area contributed by atoms with Crippen molar-refractivity contribution < 1.29 is 4.74 Å². The van der Waals surface area contributed by atoms with Crippen molar-refractivity contribution in [3.05, 3.63) is 42.0 Å². The molecule has 0 saturated heterocycles. The van der Waals surface area contributed by atoms with Gasteiger partial charge in [0.05, 0.1) is 18.7 Å². The molecule has 2 N–H and O–H groups in total. The Morgan fingerprint density at radius 2 is 2.00 bits per heavy atom. The molecule has 0 unspecified atom stereocenters. The van der Waals surface area contributed by atoms with E-state index in [4.69, 9.17) is 10.5 Å². The minimum atomic E-state index is 0.366. The fourth-order valence-corrected chi connectivity index (χ4v) is 2.13. The Kier molecular flexibility index (Phi) is 3.39. The van der Waals surface area contributed by atoms with Gasteiger partial charge in [-0.15, -0.1) is 0 Å². The number of ether oxygens (including phenoxy) is 1. The van der Waals surface area contributed by atoms with Crippen molar-refractivity contribution in [2.24, 2.45) is 11.7 Å². The Bertz CT molecular complexity index is 647. The largest absolute Gasteiger partial charge is 0.492 e. The summed E-state index contributed by atoms with van der Waals surface area (Å²) in [6.45, 7) is 1.17. The number of nitrogens with two attached hydrogens (primary N) is 1. The lowest BCUT2D eigenvalue weighted by atomic mass is 10.0. The Labute approximate surface area is 113 Å². The average Bonchev–Trinajstić information content (AvgIpc) is 3.27.